The molecule has 2 aromatic heterocycles. The third-order valence-electron chi connectivity index (χ3n) is 3.45. The normalized spacial score (nSPS) is 21.3. The number of aromatic amines is 2. The highest BCUT2D eigenvalue weighted by Gasteiger charge is 2.27. The number of nitrogens with zero attached hydrogens (tertiary/aromatic N) is 4. The Morgan fingerprint density at radius 1 is 1.44 bits per heavy atom. The van der Waals surface area contributed by atoms with Gasteiger partial charge in [-0.15, -0.1) is 0 Å². The van der Waals surface area contributed by atoms with E-state index in [4.69, 9.17) is 0 Å². The number of aromatic nitrogens is 5. The summed E-state index contributed by atoms with van der Waals surface area (Å²) < 4.78 is 0. The van der Waals surface area contributed by atoms with Gasteiger partial charge in [0.05, 0.1) is 12.4 Å². The van der Waals surface area contributed by atoms with E-state index in [-0.39, 0.29) is 0 Å². The maximum atomic E-state index is 4.48. The van der Waals surface area contributed by atoms with Crippen LogP contribution in [0.1, 0.15) is 42.6 Å². The van der Waals surface area contributed by atoms with E-state index in [1.807, 2.05) is 13.1 Å². The van der Waals surface area contributed by atoms with Crippen LogP contribution in [0.3, 0.4) is 0 Å². The molecule has 0 aliphatic carbocycles. The first kappa shape index (κ1) is 11.4. The Bertz CT molecular complexity index is 488. The molecule has 3 heterocycles. The van der Waals surface area contributed by atoms with Crippen LogP contribution in [0.4, 0.5) is 0 Å². The Kier molecular flexibility index (Phi) is 3.10. The number of nitrogens with one attached hydrogen (secondary N) is 2. The summed E-state index contributed by atoms with van der Waals surface area (Å²) >= 11 is 0. The molecule has 0 aromatic carbocycles. The fourth-order valence-electron chi connectivity index (χ4n) is 2.57. The van der Waals surface area contributed by atoms with Crippen LogP contribution < -0.4 is 0 Å². The van der Waals surface area contributed by atoms with Crippen LogP contribution in [-0.2, 0) is 6.54 Å². The lowest BCUT2D eigenvalue weighted by molar-refractivity contribution is 0.132. The number of hydrogen-bond acceptors (Lipinski definition) is 4. The minimum atomic E-state index is 0.326. The molecule has 18 heavy (non-hydrogen) atoms. The summed E-state index contributed by atoms with van der Waals surface area (Å²) in [6.07, 6.45) is 7.23. The summed E-state index contributed by atoms with van der Waals surface area (Å²) in [5.74, 6) is 1.81. The van der Waals surface area contributed by atoms with Crippen LogP contribution in [0.5, 0.6) is 0 Å². The molecule has 3 rings (SSSR count). The second-order valence-electron chi connectivity index (χ2n) is 4.84. The van der Waals surface area contributed by atoms with Gasteiger partial charge < -0.3 is 4.98 Å². The van der Waals surface area contributed by atoms with E-state index in [9.17, 15) is 0 Å². The van der Waals surface area contributed by atoms with Crippen LogP contribution in [0.15, 0.2) is 12.5 Å². The molecule has 96 valence electrons. The van der Waals surface area contributed by atoms with E-state index >= 15 is 0 Å². The SMILES string of the molecule is Cc1nc(C2CCCCN2Cc2cnc[nH]2)n[nH]1. The Morgan fingerprint density at radius 2 is 2.39 bits per heavy atom. The second kappa shape index (κ2) is 4.89. The Labute approximate surface area is 106 Å². The lowest BCUT2D eigenvalue weighted by atomic mass is 10.0. The summed E-state index contributed by atoms with van der Waals surface area (Å²) in [5.41, 5.74) is 1.15. The average molecular weight is 246 g/mol. The molecular weight excluding hydrogens is 228 g/mol. The van der Waals surface area contributed by atoms with Gasteiger partial charge in [-0.25, -0.2) is 9.97 Å². The maximum absolute atomic E-state index is 4.48. The van der Waals surface area contributed by atoms with Crippen LogP contribution in [0.2, 0.25) is 0 Å². The Balaban J connectivity index is 1.77. The van der Waals surface area contributed by atoms with Gasteiger partial charge in [0.15, 0.2) is 5.82 Å². The Hall–Kier alpha value is -1.69. The van der Waals surface area contributed by atoms with Crippen molar-refractivity contribution in [2.75, 3.05) is 6.54 Å². The molecule has 1 aliphatic heterocycles. The molecular formula is C12H18N6. The molecule has 2 aromatic rings. The minimum absolute atomic E-state index is 0.326. The summed E-state index contributed by atoms with van der Waals surface area (Å²) in [5, 5.41) is 7.25. The fraction of sp³-hybridized carbons (Fsp3) is 0.583. The second-order valence-corrected chi connectivity index (χ2v) is 4.84. The van der Waals surface area contributed by atoms with Crippen molar-refractivity contribution in [1.29, 1.82) is 0 Å². The molecule has 0 amide bonds. The molecule has 1 fully saturated rings. The fourth-order valence-corrected chi connectivity index (χ4v) is 2.57. The van der Waals surface area contributed by atoms with Gasteiger partial charge in [0.25, 0.3) is 0 Å². The Morgan fingerprint density at radius 3 is 3.11 bits per heavy atom. The van der Waals surface area contributed by atoms with E-state index in [1.54, 1.807) is 6.33 Å². The van der Waals surface area contributed by atoms with E-state index < -0.39 is 0 Å². The predicted molar refractivity (Wildman–Crippen MR) is 66.7 cm³/mol. The standard InChI is InChI=1S/C12H18N6/c1-9-15-12(17-16-9)11-4-2-3-5-18(11)7-10-6-13-8-14-10/h6,8,11H,2-5,7H2,1H3,(H,13,14)(H,15,16,17). The van der Waals surface area contributed by atoms with Crippen LogP contribution in [0, 0.1) is 6.92 Å². The number of piperidine rings is 1. The van der Waals surface area contributed by atoms with Gasteiger partial charge in [0.1, 0.15) is 5.82 Å². The zero-order valence-electron chi connectivity index (χ0n) is 10.6. The number of hydrogen-bond donors (Lipinski definition) is 2. The van der Waals surface area contributed by atoms with Crippen LogP contribution in [0.25, 0.3) is 0 Å². The van der Waals surface area contributed by atoms with Crippen molar-refractivity contribution in [3.8, 4) is 0 Å². The third-order valence-corrected chi connectivity index (χ3v) is 3.45. The van der Waals surface area contributed by atoms with E-state index in [1.165, 1.54) is 12.8 Å². The largest absolute Gasteiger partial charge is 0.347 e. The van der Waals surface area contributed by atoms with Crippen molar-refractivity contribution in [3.63, 3.8) is 0 Å². The number of rotatable bonds is 3. The first-order valence-corrected chi connectivity index (χ1v) is 6.43. The molecule has 1 atom stereocenters. The summed E-state index contributed by atoms with van der Waals surface area (Å²) in [7, 11) is 0. The lowest BCUT2D eigenvalue weighted by Crippen LogP contribution is -2.33. The molecule has 2 N–H and O–H groups in total. The third kappa shape index (κ3) is 2.28. The highest BCUT2D eigenvalue weighted by atomic mass is 15.3. The van der Waals surface area contributed by atoms with Crippen LogP contribution >= 0.6 is 0 Å². The number of aryl methyl sites for hydroxylation is 1. The van der Waals surface area contributed by atoms with Crippen LogP contribution in [-0.4, -0.2) is 36.6 Å². The van der Waals surface area contributed by atoms with Gasteiger partial charge in [-0.3, -0.25) is 10.00 Å². The molecule has 0 spiro atoms. The van der Waals surface area contributed by atoms with E-state index in [0.717, 1.165) is 36.9 Å². The van der Waals surface area contributed by atoms with Gasteiger partial charge in [-0.1, -0.05) is 6.42 Å². The molecule has 1 saturated heterocycles. The van der Waals surface area contributed by atoms with E-state index in [2.05, 4.69) is 30.0 Å². The van der Waals surface area contributed by atoms with Gasteiger partial charge in [-0.2, -0.15) is 5.10 Å². The zero-order chi connectivity index (χ0) is 12.4. The smallest absolute Gasteiger partial charge is 0.167 e. The minimum Gasteiger partial charge on any atom is -0.347 e. The first-order valence-electron chi connectivity index (χ1n) is 6.43. The molecule has 1 unspecified atom stereocenters. The van der Waals surface area contributed by atoms with Gasteiger partial charge in [0, 0.05) is 18.4 Å². The van der Waals surface area contributed by atoms with E-state index in [0.29, 0.717) is 6.04 Å². The molecule has 6 heteroatoms. The number of H-pyrrole nitrogens is 2. The van der Waals surface area contributed by atoms with Crippen molar-refractivity contribution >= 4 is 0 Å². The summed E-state index contributed by atoms with van der Waals surface area (Å²) in [4.78, 5) is 14.1. The molecule has 0 bridgehead atoms. The van der Waals surface area contributed by atoms with Crippen molar-refractivity contribution in [2.45, 2.75) is 38.8 Å². The molecule has 1 aliphatic rings. The lowest BCUT2D eigenvalue weighted by Gasteiger charge is -2.33. The van der Waals surface area contributed by atoms with Crippen molar-refractivity contribution < 1.29 is 0 Å². The zero-order valence-corrected chi connectivity index (χ0v) is 10.6. The van der Waals surface area contributed by atoms with Gasteiger partial charge in [-0.05, 0) is 26.3 Å². The number of likely N-dealkylation sites (tertiary alicyclic amines) is 1. The average Bonchev–Trinajstić information content (AvgIpc) is 3.02. The number of imidazole rings is 1. The van der Waals surface area contributed by atoms with Crippen molar-refractivity contribution in [3.05, 3.63) is 29.9 Å². The summed E-state index contributed by atoms with van der Waals surface area (Å²) in [6.45, 7) is 3.92. The maximum Gasteiger partial charge on any atom is 0.167 e. The van der Waals surface area contributed by atoms with Gasteiger partial charge >= 0.3 is 0 Å². The highest BCUT2D eigenvalue weighted by Crippen LogP contribution is 2.29. The molecule has 0 saturated carbocycles. The van der Waals surface area contributed by atoms with Gasteiger partial charge in [0.2, 0.25) is 0 Å². The molecule has 6 nitrogen and oxygen atoms in total. The first-order chi connectivity index (χ1) is 8.83. The topological polar surface area (TPSA) is 73.5 Å². The monoisotopic (exact) mass is 246 g/mol. The quantitative estimate of drug-likeness (QED) is 0.862. The molecule has 0 radical (unpaired) electrons. The highest BCUT2D eigenvalue weighted by molar-refractivity contribution is 5.01. The van der Waals surface area contributed by atoms with Crippen molar-refractivity contribution in [2.24, 2.45) is 0 Å². The summed E-state index contributed by atoms with van der Waals surface area (Å²) in [6, 6.07) is 0.326. The van der Waals surface area contributed by atoms with Crippen molar-refractivity contribution in [1.82, 2.24) is 30.0 Å². The predicted octanol–water partition coefficient (Wildman–Crippen LogP) is 1.56.